The lowest BCUT2D eigenvalue weighted by atomic mass is 9.81. The van der Waals surface area contributed by atoms with Crippen molar-refractivity contribution in [2.45, 2.75) is 96.6 Å². The summed E-state index contributed by atoms with van der Waals surface area (Å²) in [5, 5.41) is 3.77. The van der Waals surface area contributed by atoms with Crippen molar-refractivity contribution in [2.24, 2.45) is 5.92 Å². The first-order valence-corrected chi connectivity index (χ1v) is 9.09. The number of rotatable bonds is 11. The second-order valence-corrected chi connectivity index (χ2v) is 6.51. The van der Waals surface area contributed by atoms with Gasteiger partial charge in [0.2, 0.25) is 0 Å². The van der Waals surface area contributed by atoms with Gasteiger partial charge in [-0.25, -0.2) is 0 Å². The Morgan fingerprint density at radius 3 is 2.35 bits per heavy atom. The summed E-state index contributed by atoms with van der Waals surface area (Å²) in [6.45, 7) is 5.67. The molecule has 1 N–H and O–H groups in total. The van der Waals surface area contributed by atoms with E-state index in [2.05, 4.69) is 19.2 Å². The molecule has 0 aromatic carbocycles. The zero-order valence-corrected chi connectivity index (χ0v) is 14.1. The molecule has 0 bridgehead atoms. The second-order valence-electron chi connectivity index (χ2n) is 6.51. The number of ether oxygens (including phenoxy) is 1. The first kappa shape index (κ1) is 18.0. The molecular weight excluding hydrogens is 246 g/mol. The zero-order valence-electron chi connectivity index (χ0n) is 14.1. The van der Waals surface area contributed by atoms with Crippen LogP contribution >= 0.6 is 0 Å². The summed E-state index contributed by atoms with van der Waals surface area (Å²) in [7, 11) is 1.92. The van der Waals surface area contributed by atoms with Crippen LogP contribution in [0.1, 0.15) is 84.5 Å². The molecule has 2 unspecified atom stereocenters. The maximum absolute atomic E-state index is 5.94. The van der Waals surface area contributed by atoms with E-state index in [1.54, 1.807) is 0 Å². The number of hydrogen-bond donors (Lipinski definition) is 1. The number of nitrogens with one attached hydrogen (secondary N) is 1. The fourth-order valence-electron chi connectivity index (χ4n) is 3.65. The molecule has 0 amide bonds. The van der Waals surface area contributed by atoms with Crippen LogP contribution < -0.4 is 5.32 Å². The van der Waals surface area contributed by atoms with Crippen LogP contribution in [-0.2, 0) is 4.74 Å². The van der Waals surface area contributed by atoms with Crippen molar-refractivity contribution < 1.29 is 4.74 Å². The number of unbranched alkanes of at least 4 members (excludes halogenated alkanes) is 3. The Bertz CT molecular complexity index is 213. The summed E-state index contributed by atoms with van der Waals surface area (Å²) >= 11 is 0. The second kappa shape index (κ2) is 11.6. The third-order valence-corrected chi connectivity index (χ3v) is 4.81. The molecule has 120 valence electrons. The van der Waals surface area contributed by atoms with Gasteiger partial charge in [0.25, 0.3) is 0 Å². The Morgan fingerprint density at radius 1 is 1.00 bits per heavy atom. The van der Waals surface area contributed by atoms with E-state index in [4.69, 9.17) is 4.74 Å². The third-order valence-electron chi connectivity index (χ3n) is 4.81. The first-order chi connectivity index (χ1) is 9.83. The first-order valence-electron chi connectivity index (χ1n) is 9.09. The van der Waals surface area contributed by atoms with Gasteiger partial charge in [-0.15, -0.1) is 0 Å². The summed E-state index contributed by atoms with van der Waals surface area (Å²) in [5.74, 6) is 0.786. The molecule has 1 rings (SSSR count). The van der Waals surface area contributed by atoms with E-state index in [1.165, 1.54) is 70.6 Å². The highest BCUT2D eigenvalue weighted by atomic mass is 16.5. The fraction of sp³-hybridized carbons (Fsp3) is 1.00. The quantitative estimate of drug-likeness (QED) is 0.543. The van der Waals surface area contributed by atoms with E-state index in [0.29, 0.717) is 12.1 Å². The number of hydrogen-bond acceptors (Lipinski definition) is 2. The molecule has 2 atom stereocenters. The predicted molar refractivity (Wildman–Crippen MR) is 88.2 cm³/mol. The van der Waals surface area contributed by atoms with Gasteiger partial charge in [0.05, 0.1) is 6.10 Å². The molecule has 1 saturated carbocycles. The Balaban J connectivity index is 2.47. The van der Waals surface area contributed by atoms with Crippen LogP contribution in [0.25, 0.3) is 0 Å². The summed E-state index contributed by atoms with van der Waals surface area (Å²) in [5.41, 5.74) is 0. The van der Waals surface area contributed by atoms with Crippen LogP contribution in [0.4, 0.5) is 0 Å². The molecule has 0 aliphatic heterocycles. The van der Waals surface area contributed by atoms with Gasteiger partial charge in [0.1, 0.15) is 0 Å². The van der Waals surface area contributed by atoms with Crippen LogP contribution in [0.15, 0.2) is 0 Å². The molecule has 0 aromatic heterocycles. The molecule has 0 saturated heterocycles. The van der Waals surface area contributed by atoms with Gasteiger partial charge in [-0.1, -0.05) is 58.8 Å². The molecule has 0 heterocycles. The van der Waals surface area contributed by atoms with E-state index in [-0.39, 0.29) is 0 Å². The maximum atomic E-state index is 5.94. The van der Waals surface area contributed by atoms with Crippen LogP contribution in [0.5, 0.6) is 0 Å². The number of methoxy groups -OCH3 is 1. The molecule has 1 fully saturated rings. The SMILES string of the molecule is CCCCCCC(NCCC)C(OC)C1CCCCC1. The van der Waals surface area contributed by atoms with Crippen molar-refractivity contribution in [3.05, 3.63) is 0 Å². The monoisotopic (exact) mass is 283 g/mol. The summed E-state index contributed by atoms with van der Waals surface area (Å²) in [6.07, 6.45) is 15.3. The van der Waals surface area contributed by atoms with Crippen molar-refractivity contribution in [1.82, 2.24) is 5.32 Å². The van der Waals surface area contributed by atoms with Crippen molar-refractivity contribution in [1.29, 1.82) is 0 Å². The van der Waals surface area contributed by atoms with Gasteiger partial charge in [-0.05, 0) is 38.1 Å². The highest BCUT2D eigenvalue weighted by Crippen LogP contribution is 2.30. The lowest BCUT2D eigenvalue weighted by molar-refractivity contribution is 0.00553. The summed E-state index contributed by atoms with van der Waals surface area (Å²) in [4.78, 5) is 0. The normalized spacial score (nSPS) is 19.9. The molecule has 20 heavy (non-hydrogen) atoms. The molecular formula is C18H37NO. The molecule has 1 aliphatic carbocycles. The predicted octanol–water partition coefficient (Wildman–Crippen LogP) is 4.92. The Hall–Kier alpha value is -0.0800. The average molecular weight is 284 g/mol. The minimum atomic E-state index is 0.434. The van der Waals surface area contributed by atoms with Crippen LogP contribution in [0, 0.1) is 5.92 Å². The van der Waals surface area contributed by atoms with E-state index < -0.39 is 0 Å². The largest absolute Gasteiger partial charge is 0.380 e. The lowest BCUT2D eigenvalue weighted by Gasteiger charge is -2.35. The van der Waals surface area contributed by atoms with Gasteiger partial charge < -0.3 is 10.1 Å². The Labute approximate surface area is 127 Å². The summed E-state index contributed by atoms with van der Waals surface area (Å²) in [6, 6.07) is 0.569. The standard InChI is InChI=1S/C18H37NO/c1-4-6-7-11-14-17(19-15-5-2)18(20-3)16-12-9-8-10-13-16/h16-19H,4-15H2,1-3H3. The van der Waals surface area contributed by atoms with E-state index in [0.717, 1.165) is 12.5 Å². The molecule has 2 nitrogen and oxygen atoms in total. The van der Waals surface area contributed by atoms with Crippen molar-refractivity contribution in [3.63, 3.8) is 0 Å². The van der Waals surface area contributed by atoms with Gasteiger partial charge in [0, 0.05) is 13.2 Å². The molecule has 0 spiro atoms. The van der Waals surface area contributed by atoms with Crippen molar-refractivity contribution in [2.75, 3.05) is 13.7 Å². The highest BCUT2D eigenvalue weighted by molar-refractivity contribution is 4.84. The van der Waals surface area contributed by atoms with Crippen LogP contribution in [0.2, 0.25) is 0 Å². The molecule has 2 heteroatoms. The minimum absolute atomic E-state index is 0.434. The average Bonchev–Trinajstić information content (AvgIpc) is 2.50. The van der Waals surface area contributed by atoms with Crippen molar-refractivity contribution in [3.8, 4) is 0 Å². The zero-order chi connectivity index (χ0) is 14.6. The molecule has 1 aliphatic rings. The maximum Gasteiger partial charge on any atom is 0.0752 e. The van der Waals surface area contributed by atoms with Crippen LogP contribution in [0.3, 0.4) is 0 Å². The fourth-order valence-corrected chi connectivity index (χ4v) is 3.65. The molecule has 0 radical (unpaired) electrons. The van der Waals surface area contributed by atoms with Crippen LogP contribution in [-0.4, -0.2) is 25.8 Å². The van der Waals surface area contributed by atoms with E-state index in [9.17, 15) is 0 Å². The Morgan fingerprint density at radius 2 is 1.75 bits per heavy atom. The molecule has 0 aromatic rings. The Kier molecular flexibility index (Phi) is 10.4. The van der Waals surface area contributed by atoms with Gasteiger partial charge in [-0.2, -0.15) is 0 Å². The topological polar surface area (TPSA) is 21.3 Å². The van der Waals surface area contributed by atoms with Crippen molar-refractivity contribution >= 4 is 0 Å². The smallest absolute Gasteiger partial charge is 0.0752 e. The lowest BCUT2D eigenvalue weighted by Crippen LogP contribution is -2.45. The van der Waals surface area contributed by atoms with E-state index >= 15 is 0 Å². The summed E-state index contributed by atoms with van der Waals surface area (Å²) < 4.78 is 5.94. The van der Waals surface area contributed by atoms with E-state index in [1.807, 2.05) is 7.11 Å². The third kappa shape index (κ3) is 6.58. The van der Waals surface area contributed by atoms with Gasteiger partial charge in [0.15, 0.2) is 0 Å². The van der Waals surface area contributed by atoms with Gasteiger partial charge in [-0.3, -0.25) is 0 Å². The van der Waals surface area contributed by atoms with Gasteiger partial charge >= 0.3 is 0 Å². The highest BCUT2D eigenvalue weighted by Gasteiger charge is 2.29. The minimum Gasteiger partial charge on any atom is -0.380 e.